The fourth-order valence-electron chi connectivity index (χ4n) is 2.21. The number of thiophene rings is 1. The number of rotatable bonds is 8. The Hall–Kier alpha value is -2.22. The third-order valence-corrected chi connectivity index (χ3v) is 4.21. The molecule has 2 N–H and O–H groups in total. The van der Waals surface area contributed by atoms with Gasteiger partial charge >= 0.3 is 5.00 Å². The van der Waals surface area contributed by atoms with E-state index in [1.165, 1.54) is 6.07 Å². The van der Waals surface area contributed by atoms with E-state index >= 15 is 0 Å². The largest absolute Gasteiger partial charge is 0.395 e. The molecule has 1 heterocycles. The van der Waals surface area contributed by atoms with Crippen LogP contribution >= 0.6 is 11.3 Å². The van der Waals surface area contributed by atoms with E-state index in [1.54, 1.807) is 6.07 Å². The third-order valence-electron chi connectivity index (χ3n) is 3.22. The van der Waals surface area contributed by atoms with Crippen molar-refractivity contribution in [3.05, 3.63) is 63.0 Å². The van der Waals surface area contributed by atoms with Crippen LogP contribution in [-0.2, 0) is 0 Å². The molecule has 1 aromatic carbocycles. The first-order chi connectivity index (χ1) is 11.2. The van der Waals surface area contributed by atoms with Crippen molar-refractivity contribution < 1.29 is 15.1 Å². The van der Waals surface area contributed by atoms with Crippen LogP contribution in [-0.4, -0.2) is 46.3 Å². The van der Waals surface area contributed by atoms with Gasteiger partial charge in [-0.15, -0.1) is 0 Å². The molecule has 1 aromatic heterocycles. The second-order valence-corrected chi connectivity index (χ2v) is 5.86. The summed E-state index contributed by atoms with van der Waals surface area (Å²) in [7, 11) is 0. The van der Waals surface area contributed by atoms with Gasteiger partial charge in [-0.1, -0.05) is 41.7 Å². The van der Waals surface area contributed by atoms with Crippen LogP contribution in [0.25, 0.3) is 11.8 Å². The zero-order valence-electron chi connectivity index (χ0n) is 12.5. The normalized spacial score (nSPS) is 11.5. The number of aliphatic hydroxyl groups excluding tert-OH is 2. The van der Waals surface area contributed by atoms with E-state index < -0.39 is 4.92 Å². The molecule has 0 spiro atoms. The highest BCUT2D eigenvalue weighted by Gasteiger charge is 2.14. The van der Waals surface area contributed by atoms with Crippen LogP contribution in [0.5, 0.6) is 0 Å². The third kappa shape index (κ3) is 4.62. The number of benzene rings is 1. The minimum Gasteiger partial charge on any atom is -0.395 e. The Kier molecular flexibility index (Phi) is 6.28. The molecule has 6 nitrogen and oxygen atoms in total. The smallest absolute Gasteiger partial charge is 0.324 e. The lowest BCUT2D eigenvalue weighted by Gasteiger charge is -2.26. The first kappa shape index (κ1) is 17.1. The topological polar surface area (TPSA) is 86.8 Å². The average molecular weight is 334 g/mol. The first-order valence-corrected chi connectivity index (χ1v) is 7.95. The van der Waals surface area contributed by atoms with Crippen molar-refractivity contribution in [1.29, 1.82) is 0 Å². The van der Waals surface area contributed by atoms with E-state index in [1.807, 2.05) is 41.3 Å². The summed E-state index contributed by atoms with van der Waals surface area (Å²) in [6.45, 7) is 0.646. The Morgan fingerprint density at radius 3 is 2.30 bits per heavy atom. The Balaban J connectivity index is 2.42. The predicted molar refractivity (Wildman–Crippen MR) is 91.0 cm³/mol. The number of aliphatic hydroxyl groups is 2. The Morgan fingerprint density at radius 1 is 1.13 bits per heavy atom. The maximum absolute atomic E-state index is 10.8. The average Bonchev–Trinajstić information content (AvgIpc) is 3.02. The van der Waals surface area contributed by atoms with Gasteiger partial charge in [0.25, 0.3) is 0 Å². The first-order valence-electron chi connectivity index (χ1n) is 7.13. The van der Waals surface area contributed by atoms with E-state index in [-0.39, 0.29) is 18.2 Å². The zero-order valence-corrected chi connectivity index (χ0v) is 13.3. The molecule has 2 rings (SSSR count). The molecule has 2 aromatic rings. The van der Waals surface area contributed by atoms with Crippen LogP contribution in [0.1, 0.15) is 10.4 Å². The van der Waals surface area contributed by atoms with Crippen LogP contribution in [0, 0.1) is 10.1 Å². The standard InChI is InChI=1S/C16H18N2O4S/c19-10-8-17(9-11-20)15(13-4-2-1-3-5-13)12-14-6-7-16(23-14)18(21)22/h1-7,12,19-20H,8-11H2/b15-12+. The molecule has 23 heavy (non-hydrogen) atoms. The van der Waals surface area contributed by atoms with Gasteiger partial charge in [-0.05, 0) is 17.7 Å². The maximum atomic E-state index is 10.8. The lowest BCUT2D eigenvalue weighted by molar-refractivity contribution is -0.380. The Bertz CT molecular complexity index is 664. The number of hydrogen-bond acceptors (Lipinski definition) is 6. The summed E-state index contributed by atoms with van der Waals surface area (Å²) in [5, 5.41) is 29.4. The molecular weight excluding hydrogens is 316 g/mol. The lowest BCUT2D eigenvalue weighted by atomic mass is 10.1. The fraction of sp³-hybridized carbons (Fsp3) is 0.250. The van der Waals surface area contributed by atoms with Crippen molar-refractivity contribution in [2.45, 2.75) is 0 Å². The van der Waals surface area contributed by atoms with Crippen LogP contribution in [0.15, 0.2) is 42.5 Å². The monoisotopic (exact) mass is 334 g/mol. The van der Waals surface area contributed by atoms with E-state index in [9.17, 15) is 20.3 Å². The van der Waals surface area contributed by atoms with E-state index in [0.717, 1.165) is 27.5 Å². The van der Waals surface area contributed by atoms with Crippen molar-refractivity contribution in [1.82, 2.24) is 4.90 Å². The van der Waals surface area contributed by atoms with E-state index in [0.29, 0.717) is 13.1 Å². The highest BCUT2D eigenvalue weighted by Crippen LogP contribution is 2.29. The van der Waals surface area contributed by atoms with Crippen LogP contribution in [0.3, 0.4) is 0 Å². The minimum absolute atomic E-state index is 0.0469. The van der Waals surface area contributed by atoms with Crippen molar-refractivity contribution in [3.63, 3.8) is 0 Å². The van der Waals surface area contributed by atoms with Crippen LogP contribution in [0.4, 0.5) is 5.00 Å². The molecule has 0 atom stereocenters. The number of hydrogen-bond donors (Lipinski definition) is 2. The molecular formula is C16H18N2O4S. The molecule has 0 aliphatic carbocycles. The van der Waals surface area contributed by atoms with Crippen LogP contribution in [0.2, 0.25) is 0 Å². The van der Waals surface area contributed by atoms with Crippen molar-refractivity contribution >= 4 is 28.1 Å². The van der Waals surface area contributed by atoms with Gasteiger partial charge in [0.05, 0.1) is 18.1 Å². The van der Waals surface area contributed by atoms with Gasteiger partial charge < -0.3 is 15.1 Å². The zero-order chi connectivity index (χ0) is 16.7. The fourth-order valence-corrected chi connectivity index (χ4v) is 2.97. The molecule has 0 saturated carbocycles. The van der Waals surface area contributed by atoms with Gasteiger partial charge in [0.2, 0.25) is 0 Å². The summed E-state index contributed by atoms with van der Waals surface area (Å²) in [4.78, 5) is 13.0. The molecule has 7 heteroatoms. The summed E-state index contributed by atoms with van der Waals surface area (Å²) in [5.41, 5.74) is 1.73. The minimum atomic E-state index is -0.413. The van der Waals surface area contributed by atoms with Gasteiger partial charge in [-0.25, -0.2) is 0 Å². The molecule has 0 bridgehead atoms. The summed E-state index contributed by atoms with van der Waals surface area (Å²) < 4.78 is 0. The highest BCUT2D eigenvalue weighted by molar-refractivity contribution is 7.16. The quantitative estimate of drug-likeness (QED) is 0.572. The van der Waals surface area contributed by atoms with Gasteiger partial charge in [0, 0.05) is 29.7 Å². The van der Waals surface area contributed by atoms with Crippen molar-refractivity contribution in [2.75, 3.05) is 26.3 Å². The lowest BCUT2D eigenvalue weighted by Crippen LogP contribution is -2.28. The van der Waals surface area contributed by atoms with E-state index in [4.69, 9.17) is 0 Å². The molecule has 0 radical (unpaired) electrons. The highest BCUT2D eigenvalue weighted by atomic mass is 32.1. The summed E-state index contributed by atoms with van der Waals surface area (Å²) in [6.07, 6.45) is 1.85. The predicted octanol–water partition coefficient (Wildman–Crippen LogP) is 2.44. The molecule has 0 aliphatic rings. The molecule has 0 amide bonds. The van der Waals surface area contributed by atoms with Crippen LogP contribution < -0.4 is 0 Å². The molecule has 122 valence electrons. The summed E-state index contributed by atoms with van der Waals surface area (Å²) in [6, 6.07) is 12.7. The van der Waals surface area contributed by atoms with Gasteiger partial charge in [0.15, 0.2) is 0 Å². The number of nitrogens with zero attached hydrogens (tertiary/aromatic N) is 2. The second kappa shape index (κ2) is 8.42. The maximum Gasteiger partial charge on any atom is 0.324 e. The van der Waals surface area contributed by atoms with Crippen molar-refractivity contribution in [3.8, 4) is 0 Å². The summed E-state index contributed by atoms with van der Waals surface area (Å²) in [5.74, 6) is 0. The van der Waals surface area contributed by atoms with Gasteiger partial charge in [-0.3, -0.25) is 10.1 Å². The number of nitro groups is 1. The van der Waals surface area contributed by atoms with Gasteiger partial charge in [0.1, 0.15) is 0 Å². The summed E-state index contributed by atoms with van der Waals surface area (Å²) >= 11 is 1.09. The van der Waals surface area contributed by atoms with E-state index in [2.05, 4.69) is 0 Å². The Morgan fingerprint density at radius 2 is 1.78 bits per heavy atom. The van der Waals surface area contributed by atoms with Crippen molar-refractivity contribution in [2.24, 2.45) is 0 Å². The van der Waals surface area contributed by atoms with Gasteiger partial charge in [-0.2, -0.15) is 0 Å². The Labute approximate surface area is 138 Å². The second-order valence-electron chi connectivity index (χ2n) is 4.76. The molecule has 0 saturated heterocycles. The molecule has 0 fully saturated rings. The SMILES string of the molecule is O=[N+]([O-])c1ccc(/C=C(\c2ccccc2)N(CCO)CCO)s1. The molecule has 0 unspecified atom stereocenters. The molecule has 0 aliphatic heterocycles.